The third-order valence-corrected chi connectivity index (χ3v) is 9.16. The van der Waals surface area contributed by atoms with Gasteiger partial charge in [-0.2, -0.15) is 13.7 Å². The molecule has 1 aromatic rings. The van der Waals surface area contributed by atoms with Crippen molar-refractivity contribution >= 4 is 40.7 Å². The number of fused-ring (bicyclic) bond motifs is 1. The smallest absolute Gasteiger partial charge is 0.383 e. The van der Waals surface area contributed by atoms with E-state index in [-0.39, 0.29) is 11.9 Å². The number of nitrogen functional groups attached to an aromatic ring is 1. The van der Waals surface area contributed by atoms with Gasteiger partial charge in [-0.05, 0) is 12.1 Å². The second-order valence-corrected chi connectivity index (χ2v) is 11.7. The summed E-state index contributed by atoms with van der Waals surface area (Å²) in [5, 5.41) is 8.72. The first kappa shape index (κ1) is 25.6. The molecule has 1 aliphatic heterocycles. The average Bonchev–Trinajstić information content (AvgIpc) is 2.93. The Morgan fingerprint density at radius 3 is 2.44 bits per heavy atom. The molecule has 0 radical (unpaired) electrons. The van der Waals surface area contributed by atoms with E-state index in [1.54, 1.807) is 0 Å². The molecule has 2 heterocycles. The van der Waals surface area contributed by atoms with E-state index in [2.05, 4.69) is 13.6 Å². The molecule has 1 saturated heterocycles. The second kappa shape index (κ2) is 7.73. The normalized spacial score (nSPS) is 36.2. The van der Waals surface area contributed by atoms with Crippen molar-refractivity contribution in [1.82, 2.24) is 9.55 Å². The molecule has 0 bridgehead atoms. The number of alkyl halides is 2. The summed E-state index contributed by atoms with van der Waals surface area (Å²) < 4.78 is 75.9. The lowest BCUT2D eigenvalue weighted by Crippen LogP contribution is -2.37. The van der Waals surface area contributed by atoms with Crippen LogP contribution >= 0.6 is 34.8 Å². The summed E-state index contributed by atoms with van der Waals surface area (Å²) in [7, 11) is -17.7. The highest BCUT2D eigenvalue weighted by molar-refractivity contribution is 7.69. The lowest BCUT2D eigenvalue weighted by Gasteiger charge is -2.21. The number of aliphatic hydroxyl groups is 1. The third-order valence-electron chi connectivity index (χ3n) is 4.44. The molecule has 0 aromatic carbocycles. The molecule has 0 spiro atoms. The predicted octanol–water partition coefficient (Wildman–Crippen LogP) is 0.00590. The summed E-state index contributed by atoms with van der Waals surface area (Å²) in [6.07, 6.45) is -3.53. The van der Waals surface area contributed by atoms with E-state index in [1.165, 1.54) is 0 Å². The van der Waals surface area contributed by atoms with Gasteiger partial charge >= 0.3 is 28.9 Å². The van der Waals surface area contributed by atoms with Crippen molar-refractivity contribution < 1.29 is 60.5 Å². The molecule has 7 N–H and O–H groups in total. The maximum Gasteiger partial charge on any atom is 0.488 e. The van der Waals surface area contributed by atoms with Crippen LogP contribution in [0.15, 0.2) is 28.7 Å². The number of nitrogens with two attached hydrogens (primary N) is 1. The van der Waals surface area contributed by atoms with Gasteiger partial charge in [0, 0.05) is 6.20 Å². The van der Waals surface area contributed by atoms with Crippen molar-refractivity contribution in [1.29, 1.82) is 0 Å². The summed E-state index contributed by atoms with van der Waals surface area (Å²) in [4.78, 5) is 50.9. The summed E-state index contributed by atoms with van der Waals surface area (Å²) in [5.74, 6) is -0.233. The molecular weight excluding hydrogens is 533 g/mol. The molecule has 21 heteroatoms. The Morgan fingerprint density at radius 1 is 1.31 bits per heavy atom. The van der Waals surface area contributed by atoms with Crippen LogP contribution in [0.4, 0.5) is 14.6 Å². The summed E-state index contributed by atoms with van der Waals surface area (Å²) in [6.45, 7) is 0. The molecule has 2 fully saturated rings. The molecule has 32 heavy (non-hydrogen) atoms. The number of hydrogen-bond donors (Lipinski definition) is 6. The first-order valence-electron chi connectivity index (χ1n) is 7.92. The Hall–Kier alpha value is -1.06. The van der Waals surface area contributed by atoms with E-state index in [0.29, 0.717) is 4.57 Å². The number of hydrogen-bond acceptors (Lipinski definition) is 10. The van der Waals surface area contributed by atoms with E-state index < -0.39 is 63.5 Å². The maximum atomic E-state index is 14.9. The summed E-state index contributed by atoms with van der Waals surface area (Å²) in [5.41, 5.74) is -3.43. The lowest BCUT2D eigenvalue weighted by atomic mass is 10.1. The van der Waals surface area contributed by atoms with Crippen molar-refractivity contribution in [2.45, 2.75) is 29.0 Å². The van der Waals surface area contributed by atoms with Crippen molar-refractivity contribution in [3.8, 4) is 0 Å². The molecular formula is C11H13ClF2N3O12P3. The van der Waals surface area contributed by atoms with Crippen molar-refractivity contribution in [2.75, 3.05) is 5.73 Å². The van der Waals surface area contributed by atoms with E-state index in [1.807, 2.05) is 0 Å². The number of ether oxygens (including phenoxy) is 1. The van der Waals surface area contributed by atoms with Gasteiger partial charge in [0.05, 0.1) is 0 Å². The van der Waals surface area contributed by atoms with Crippen LogP contribution in [-0.4, -0.2) is 57.0 Å². The Balaban J connectivity index is 1.93. The Bertz CT molecular complexity index is 1190. The number of nitrogens with zero attached hydrogens (tertiary/aromatic N) is 2. The first-order chi connectivity index (χ1) is 14.4. The average molecular weight is 546 g/mol. The second-order valence-electron chi connectivity index (χ2n) is 6.54. The van der Waals surface area contributed by atoms with Gasteiger partial charge in [0.2, 0.25) is 5.57 Å². The Morgan fingerprint density at radius 2 is 1.91 bits per heavy atom. The van der Waals surface area contributed by atoms with Gasteiger partial charge in [0.25, 0.3) is 0 Å². The molecule has 7 unspecified atom stereocenters. The molecule has 3 rings (SSSR count). The zero-order valence-electron chi connectivity index (χ0n) is 15.0. The van der Waals surface area contributed by atoms with Crippen LogP contribution in [-0.2, 0) is 27.1 Å². The van der Waals surface area contributed by atoms with Crippen LogP contribution in [0.3, 0.4) is 0 Å². The van der Waals surface area contributed by atoms with Gasteiger partial charge in [0.15, 0.2) is 18.0 Å². The number of rotatable bonds is 7. The topological polar surface area (TPSA) is 241 Å². The minimum absolute atomic E-state index is 0.0225. The number of halogens is 3. The van der Waals surface area contributed by atoms with Gasteiger partial charge in [0.1, 0.15) is 16.8 Å². The minimum Gasteiger partial charge on any atom is -0.383 e. The number of aromatic nitrogens is 2. The molecule has 0 amide bonds. The van der Waals surface area contributed by atoms with Crippen LogP contribution in [0.25, 0.3) is 0 Å². The van der Waals surface area contributed by atoms with Crippen LogP contribution in [0.2, 0.25) is 0 Å². The highest BCUT2D eigenvalue weighted by Crippen LogP contribution is 2.72. The van der Waals surface area contributed by atoms with E-state index in [9.17, 15) is 37.3 Å². The standard InChI is InChI=1S/C11H13ClF2N3O12P3/c12-8-10(3-4(13)30(20,21)28-32(25,26)29-31(22,23)24)11(8,19)6(14)7(27-10)17-2-1-5(15)16-9(17)18/h1-3,6-8,19H,(H,20,21)(H,25,26)(H2,15,16,18)(H2,22,23,24). The van der Waals surface area contributed by atoms with E-state index in [4.69, 9.17) is 36.8 Å². The summed E-state index contributed by atoms with van der Waals surface area (Å²) >= 11 is 5.79. The fraction of sp³-hybridized carbons (Fsp3) is 0.455. The van der Waals surface area contributed by atoms with Gasteiger partial charge in [-0.3, -0.25) is 9.13 Å². The zero-order valence-corrected chi connectivity index (χ0v) is 18.4. The quantitative estimate of drug-likeness (QED) is 0.195. The highest BCUT2D eigenvalue weighted by Gasteiger charge is 2.87. The summed E-state index contributed by atoms with van der Waals surface area (Å²) in [6, 6.07) is 1.07. The molecule has 7 atom stereocenters. The van der Waals surface area contributed by atoms with E-state index >= 15 is 0 Å². The SMILES string of the molecule is Nc1ccn(C2OC3(C=C(F)P(=O)(O)OP(=O)(O)OP(=O)(O)O)C(Cl)C3(O)C2F)c(=O)n1. The number of anilines is 1. The van der Waals surface area contributed by atoms with Crippen molar-refractivity contribution in [3.63, 3.8) is 0 Å². The molecule has 2 aliphatic rings. The molecule has 180 valence electrons. The van der Waals surface area contributed by atoms with Gasteiger partial charge < -0.3 is 35.2 Å². The molecule has 1 aliphatic carbocycles. The van der Waals surface area contributed by atoms with Crippen LogP contribution < -0.4 is 11.4 Å². The monoisotopic (exact) mass is 545 g/mol. The lowest BCUT2D eigenvalue weighted by molar-refractivity contribution is -0.0444. The number of phosphoric acid groups is 2. The van der Waals surface area contributed by atoms with E-state index in [0.717, 1.165) is 12.3 Å². The Labute approximate surface area is 180 Å². The fourth-order valence-electron chi connectivity index (χ4n) is 3.05. The first-order valence-corrected chi connectivity index (χ1v) is 13.0. The molecule has 1 aromatic heterocycles. The fourth-order valence-corrected chi connectivity index (χ4v) is 6.81. The van der Waals surface area contributed by atoms with Crippen LogP contribution in [0, 0.1) is 0 Å². The zero-order chi connectivity index (χ0) is 24.5. The predicted molar refractivity (Wildman–Crippen MR) is 98.3 cm³/mol. The third kappa shape index (κ3) is 4.25. The molecule has 15 nitrogen and oxygen atoms in total. The largest absolute Gasteiger partial charge is 0.488 e. The highest BCUT2D eigenvalue weighted by atomic mass is 35.5. The van der Waals surface area contributed by atoms with Crippen molar-refractivity contribution in [3.05, 3.63) is 34.4 Å². The molecule has 1 saturated carbocycles. The van der Waals surface area contributed by atoms with Crippen molar-refractivity contribution in [2.24, 2.45) is 0 Å². The minimum atomic E-state index is -6.00. The van der Waals surface area contributed by atoms with Gasteiger partial charge in [-0.1, -0.05) is 0 Å². The Kier molecular flexibility index (Phi) is 6.18. The van der Waals surface area contributed by atoms with Crippen LogP contribution in [0.5, 0.6) is 0 Å². The maximum absolute atomic E-state index is 14.9. The van der Waals surface area contributed by atoms with Gasteiger partial charge in [-0.15, -0.1) is 11.6 Å². The van der Waals surface area contributed by atoms with Crippen LogP contribution in [0.1, 0.15) is 6.23 Å². The van der Waals surface area contributed by atoms with Gasteiger partial charge in [-0.25, -0.2) is 22.6 Å².